The number of likely N-dealkylation sites (N-methyl/N-ethyl adjacent to an activating group) is 1. The van der Waals surface area contributed by atoms with E-state index in [1.165, 1.54) is 0 Å². The third-order valence-corrected chi connectivity index (χ3v) is 3.86. The number of benzene rings is 1. The highest BCUT2D eigenvalue weighted by molar-refractivity contribution is 6.09. The molecule has 0 aliphatic carbocycles. The van der Waals surface area contributed by atoms with E-state index in [0.29, 0.717) is 17.7 Å². The quantitative estimate of drug-likeness (QED) is 0.462. The van der Waals surface area contributed by atoms with Crippen molar-refractivity contribution in [2.24, 2.45) is 0 Å². The number of imide groups is 1. The SMILES string of the molecule is CCNC(=O)CNC(=O)COC(=O)CCN1C(=O)Cc2ccccc2C1=O. The predicted octanol–water partition coefficient (Wildman–Crippen LogP) is -0.603. The largest absolute Gasteiger partial charge is 0.456 e. The van der Waals surface area contributed by atoms with E-state index < -0.39 is 24.4 Å². The molecule has 0 saturated carbocycles. The number of carbonyl (C=O) groups excluding carboxylic acids is 5. The second kappa shape index (κ2) is 9.46. The summed E-state index contributed by atoms with van der Waals surface area (Å²) in [5, 5.41) is 4.81. The molecule has 4 amide bonds. The molecule has 27 heavy (non-hydrogen) atoms. The van der Waals surface area contributed by atoms with Crippen LogP contribution < -0.4 is 10.6 Å². The predicted molar refractivity (Wildman–Crippen MR) is 93.5 cm³/mol. The zero-order valence-corrected chi connectivity index (χ0v) is 14.9. The average molecular weight is 375 g/mol. The lowest BCUT2D eigenvalue weighted by Gasteiger charge is -2.26. The highest BCUT2D eigenvalue weighted by Gasteiger charge is 2.30. The van der Waals surface area contributed by atoms with Crippen molar-refractivity contribution < 1.29 is 28.7 Å². The first-order valence-corrected chi connectivity index (χ1v) is 8.54. The molecule has 1 aromatic carbocycles. The maximum atomic E-state index is 12.4. The first-order chi connectivity index (χ1) is 12.9. The normalized spacial score (nSPS) is 13.0. The Balaban J connectivity index is 1.75. The molecule has 0 fully saturated rings. The van der Waals surface area contributed by atoms with E-state index in [-0.39, 0.29) is 37.7 Å². The molecule has 0 spiro atoms. The van der Waals surface area contributed by atoms with E-state index in [1.807, 2.05) is 0 Å². The van der Waals surface area contributed by atoms with Gasteiger partial charge < -0.3 is 15.4 Å². The van der Waals surface area contributed by atoms with Gasteiger partial charge in [-0.1, -0.05) is 18.2 Å². The Morgan fingerprint density at radius 1 is 1.11 bits per heavy atom. The average Bonchev–Trinajstić information content (AvgIpc) is 2.64. The van der Waals surface area contributed by atoms with Gasteiger partial charge in [0.05, 0.1) is 19.4 Å². The van der Waals surface area contributed by atoms with Gasteiger partial charge in [0, 0.05) is 18.7 Å². The number of amides is 4. The molecule has 144 valence electrons. The Morgan fingerprint density at radius 3 is 2.59 bits per heavy atom. The maximum absolute atomic E-state index is 12.4. The summed E-state index contributed by atoms with van der Waals surface area (Å²) in [4.78, 5) is 60.0. The van der Waals surface area contributed by atoms with Crippen molar-refractivity contribution in [3.05, 3.63) is 35.4 Å². The summed E-state index contributed by atoms with van der Waals surface area (Å²) >= 11 is 0. The molecule has 9 heteroatoms. The summed E-state index contributed by atoms with van der Waals surface area (Å²) < 4.78 is 4.80. The van der Waals surface area contributed by atoms with Crippen LogP contribution in [-0.2, 0) is 30.3 Å². The lowest BCUT2D eigenvalue weighted by molar-refractivity contribution is -0.149. The zero-order valence-electron chi connectivity index (χ0n) is 14.9. The smallest absolute Gasteiger partial charge is 0.308 e. The molecule has 0 saturated heterocycles. The molecule has 0 aromatic heterocycles. The number of esters is 1. The second-order valence-corrected chi connectivity index (χ2v) is 5.83. The first kappa shape index (κ1) is 20.1. The highest BCUT2D eigenvalue weighted by Crippen LogP contribution is 2.19. The number of ether oxygens (including phenoxy) is 1. The molecule has 2 N–H and O–H groups in total. The molecule has 2 rings (SSSR count). The molecule has 1 aliphatic rings. The molecule has 0 bridgehead atoms. The molecule has 1 aromatic rings. The van der Waals surface area contributed by atoms with E-state index in [0.717, 1.165) is 4.90 Å². The van der Waals surface area contributed by atoms with Crippen LogP contribution in [0.15, 0.2) is 24.3 Å². The van der Waals surface area contributed by atoms with Crippen LogP contribution in [0.5, 0.6) is 0 Å². The van der Waals surface area contributed by atoms with Crippen molar-refractivity contribution in [1.82, 2.24) is 15.5 Å². The number of nitrogens with zero attached hydrogens (tertiary/aromatic N) is 1. The number of nitrogens with one attached hydrogen (secondary N) is 2. The van der Waals surface area contributed by atoms with Gasteiger partial charge in [0.2, 0.25) is 11.8 Å². The van der Waals surface area contributed by atoms with E-state index in [4.69, 9.17) is 4.74 Å². The molecular formula is C18H21N3O6. The summed E-state index contributed by atoms with van der Waals surface area (Å²) in [5.74, 6) is -2.52. The van der Waals surface area contributed by atoms with Crippen LogP contribution in [-0.4, -0.2) is 60.7 Å². The van der Waals surface area contributed by atoms with Gasteiger partial charge in [-0.3, -0.25) is 28.9 Å². The highest BCUT2D eigenvalue weighted by atomic mass is 16.5. The molecule has 1 aliphatic heterocycles. The van der Waals surface area contributed by atoms with Gasteiger partial charge in [0.1, 0.15) is 0 Å². The Hall–Kier alpha value is -3.23. The fraction of sp³-hybridized carbons (Fsp3) is 0.389. The number of hydrogen-bond donors (Lipinski definition) is 2. The van der Waals surface area contributed by atoms with Crippen molar-refractivity contribution in [3.63, 3.8) is 0 Å². The van der Waals surface area contributed by atoms with Gasteiger partial charge in [-0.25, -0.2) is 0 Å². The lowest BCUT2D eigenvalue weighted by atomic mass is 9.98. The Morgan fingerprint density at radius 2 is 1.85 bits per heavy atom. The van der Waals surface area contributed by atoms with Crippen molar-refractivity contribution in [2.45, 2.75) is 19.8 Å². The Bertz CT molecular complexity index is 761. The van der Waals surface area contributed by atoms with Gasteiger partial charge in [-0.2, -0.15) is 0 Å². The summed E-state index contributed by atoms with van der Waals surface area (Å²) in [6.07, 6.45) is -0.123. The van der Waals surface area contributed by atoms with Gasteiger partial charge >= 0.3 is 5.97 Å². The third-order valence-electron chi connectivity index (χ3n) is 3.86. The minimum atomic E-state index is -0.720. The number of carbonyl (C=O) groups is 5. The number of hydrogen-bond acceptors (Lipinski definition) is 6. The van der Waals surface area contributed by atoms with E-state index in [9.17, 15) is 24.0 Å². The monoisotopic (exact) mass is 375 g/mol. The van der Waals surface area contributed by atoms with Gasteiger partial charge in [-0.15, -0.1) is 0 Å². The van der Waals surface area contributed by atoms with Crippen LogP contribution in [0.4, 0.5) is 0 Å². The van der Waals surface area contributed by atoms with Gasteiger partial charge in [0.25, 0.3) is 11.8 Å². The summed E-state index contributed by atoms with van der Waals surface area (Å²) in [5.41, 5.74) is 1.10. The topological polar surface area (TPSA) is 122 Å². The second-order valence-electron chi connectivity index (χ2n) is 5.83. The molecule has 0 radical (unpaired) electrons. The van der Waals surface area contributed by atoms with Crippen molar-refractivity contribution >= 4 is 29.6 Å². The fourth-order valence-corrected chi connectivity index (χ4v) is 2.54. The van der Waals surface area contributed by atoms with Crippen LogP contribution in [0.25, 0.3) is 0 Å². The fourth-order valence-electron chi connectivity index (χ4n) is 2.54. The molecule has 0 unspecified atom stereocenters. The lowest BCUT2D eigenvalue weighted by Crippen LogP contribution is -2.43. The first-order valence-electron chi connectivity index (χ1n) is 8.54. The van der Waals surface area contributed by atoms with Gasteiger partial charge in [0.15, 0.2) is 6.61 Å². The van der Waals surface area contributed by atoms with Crippen molar-refractivity contribution in [1.29, 1.82) is 0 Å². The van der Waals surface area contributed by atoms with Crippen molar-refractivity contribution in [3.8, 4) is 0 Å². The number of rotatable bonds is 8. The Kier molecular flexibility index (Phi) is 7.04. The van der Waals surface area contributed by atoms with Gasteiger partial charge in [-0.05, 0) is 18.6 Å². The van der Waals surface area contributed by atoms with E-state index >= 15 is 0 Å². The molecule has 0 atom stereocenters. The third kappa shape index (κ3) is 5.63. The van der Waals surface area contributed by atoms with Crippen molar-refractivity contribution in [2.75, 3.05) is 26.2 Å². The van der Waals surface area contributed by atoms with Crippen LogP contribution >= 0.6 is 0 Å². The minimum Gasteiger partial charge on any atom is -0.456 e. The van der Waals surface area contributed by atoms with E-state index in [2.05, 4.69) is 10.6 Å². The molecule has 9 nitrogen and oxygen atoms in total. The van der Waals surface area contributed by atoms with Crippen LogP contribution in [0.3, 0.4) is 0 Å². The number of fused-ring (bicyclic) bond motifs is 1. The summed E-state index contributed by atoms with van der Waals surface area (Å²) in [6, 6.07) is 6.81. The van der Waals surface area contributed by atoms with Crippen LogP contribution in [0, 0.1) is 0 Å². The standard InChI is InChI=1S/C18H21N3O6/c1-2-19-14(22)10-20-15(23)11-27-17(25)7-8-21-16(24)9-12-5-3-4-6-13(12)18(21)26/h3-6H,2,7-11H2,1H3,(H,19,22)(H,20,23). The summed E-state index contributed by atoms with van der Waals surface area (Å²) in [7, 11) is 0. The molecule has 1 heterocycles. The maximum Gasteiger partial charge on any atom is 0.308 e. The molecular weight excluding hydrogens is 354 g/mol. The minimum absolute atomic E-state index is 0.0964. The summed E-state index contributed by atoms with van der Waals surface area (Å²) in [6.45, 7) is 1.33. The Labute approximate surface area is 156 Å². The van der Waals surface area contributed by atoms with Crippen LogP contribution in [0.2, 0.25) is 0 Å². The zero-order chi connectivity index (χ0) is 19.8. The van der Waals surface area contributed by atoms with Crippen LogP contribution in [0.1, 0.15) is 29.3 Å². The van der Waals surface area contributed by atoms with E-state index in [1.54, 1.807) is 31.2 Å².